The van der Waals surface area contributed by atoms with Gasteiger partial charge in [-0.05, 0) is 34.9 Å². The summed E-state index contributed by atoms with van der Waals surface area (Å²) in [5.74, 6) is -0.172. The molecular formula is C23H27N5O2. The number of hydrogen-bond acceptors (Lipinski definition) is 4. The summed E-state index contributed by atoms with van der Waals surface area (Å²) in [6.45, 7) is 3.31. The largest absolute Gasteiger partial charge is 0.356 e. The summed E-state index contributed by atoms with van der Waals surface area (Å²) in [5.41, 5.74) is 1.15. The Bertz CT molecular complexity index is 1000. The van der Waals surface area contributed by atoms with Crippen LogP contribution in [0.2, 0.25) is 0 Å². The third-order valence-corrected chi connectivity index (χ3v) is 5.47. The van der Waals surface area contributed by atoms with Crippen molar-refractivity contribution < 1.29 is 9.59 Å². The van der Waals surface area contributed by atoms with Crippen LogP contribution in [0.1, 0.15) is 18.4 Å². The first-order valence-electron chi connectivity index (χ1n) is 10.4. The predicted molar refractivity (Wildman–Crippen MR) is 116 cm³/mol. The van der Waals surface area contributed by atoms with Crippen molar-refractivity contribution in [3.8, 4) is 0 Å². The number of nitrogens with zero attached hydrogens (tertiary/aromatic N) is 3. The molecule has 0 radical (unpaired) electrons. The van der Waals surface area contributed by atoms with E-state index in [4.69, 9.17) is 0 Å². The van der Waals surface area contributed by atoms with Crippen molar-refractivity contribution in [2.45, 2.75) is 32.0 Å². The fourth-order valence-electron chi connectivity index (χ4n) is 3.89. The lowest BCUT2D eigenvalue weighted by atomic mass is 10.0. The van der Waals surface area contributed by atoms with Gasteiger partial charge in [0, 0.05) is 45.1 Å². The van der Waals surface area contributed by atoms with Crippen LogP contribution in [0.25, 0.3) is 10.8 Å². The quantitative estimate of drug-likeness (QED) is 0.562. The van der Waals surface area contributed by atoms with Crippen LogP contribution in [-0.2, 0) is 22.7 Å². The lowest BCUT2D eigenvalue weighted by Gasteiger charge is -2.34. The van der Waals surface area contributed by atoms with Crippen molar-refractivity contribution in [2.75, 3.05) is 19.6 Å². The molecule has 1 aliphatic rings. The van der Waals surface area contributed by atoms with Gasteiger partial charge in [0.25, 0.3) is 0 Å². The van der Waals surface area contributed by atoms with E-state index >= 15 is 0 Å². The normalized spacial score (nSPS) is 17.1. The van der Waals surface area contributed by atoms with Gasteiger partial charge < -0.3 is 10.6 Å². The van der Waals surface area contributed by atoms with Crippen LogP contribution >= 0.6 is 0 Å². The highest BCUT2D eigenvalue weighted by Gasteiger charge is 2.31. The number of piperazine rings is 1. The van der Waals surface area contributed by atoms with Gasteiger partial charge in [0.1, 0.15) is 0 Å². The second-order valence-electron chi connectivity index (χ2n) is 7.64. The first-order valence-corrected chi connectivity index (χ1v) is 10.4. The minimum Gasteiger partial charge on any atom is -0.356 e. The maximum Gasteiger partial charge on any atom is 0.237 e. The van der Waals surface area contributed by atoms with E-state index in [2.05, 4.69) is 51.0 Å². The fraction of sp³-hybridized carbons (Fsp3) is 0.348. The van der Waals surface area contributed by atoms with Gasteiger partial charge in [0.15, 0.2) is 0 Å². The zero-order chi connectivity index (χ0) is 20.8. The van der Waals surface area contributed by atoms with Crippen molar-refractivity contribution in [1.29, 1.82) is 0 Å². The summed E-state index contributed by atoms with van der Waals surface area (Å²) >= 11 is 0. The molecule has 2 amide bonds. The SMILES string of the molecule is O=C(C[C@@H]1C(=O)NCCN1Cc1ccc2ccccc2c1)NCCCn1cccn1. The van der Waals surface area contributed by atoms with Crippen LogP contribution in [-0.4, -0.2) is 52.2 Å². The highest BCUT2D eigenvalue weighted by Crippen LogP contribution is 2.19. The number of aromatic nitrogens is 2. The van der Waals surface area contributed by atoms with Crippen LogP contribution in [0, 0.1) is 0 Å². The molecule has 0 saturated carbocycles. The third-order valence-electron chi connectivity index (χ3n) is 5.47. The monoisotopic (exact) mass is 405 g/mol. The topological polar surface area (TPSA) is 79.3 Å². The summed E-state index contributed by atoms with van der Waals surface area (Å²) in [6.07, 6.45) is 4.61. The Hall–Kier alpha value is -3.19. The molecule has 2 aromatic carbocycles. The van der Waals surface area contributed by atoms with Crippen LogP contribution in [0.3, 0.4) is 0 Å². The minimum atomic E-state index is -0.448. The Labute approximate surface area is 176 Å². The molecule has 0 unspecified atom stereocenters. The van der Waals surface area contributed by atoms with E-state index in [1.807, 2.05) is 29.1 Å². The lowest BCUT2D eigenvalue weighted by molar-refractivity contribution is -0.134. The highest BCUT2D eigenvalue weighted by molar-refractivity contribution is 5.89. The lowest BCUT2D eigenvalue weighted by Crippen LogP contribution is -2.56. The molecule has 2 heterocycles. The van der Waals surface area contributed by atoms with Crippen LogP contribution < -0.4 is 10.6 Å². The van der Waals surface area contributed by atoms with Crippen molar-refractivity contribution in [3.05, 3.63) is 66.5 Å². The Balaban J connectivity index is 1.33. The molecule has 3 aromatic rings. The Morgan fingerprint density at radius 1 is 1.17 bits per heavy atom. The Morgan fingerprint density at radius 3 is 2.87 bits per heavy atom. The maximum absolute atomic E-state index is 12.5. The van der Waals surface area contributed by atoms with Crippen molar-refractivity contribution in [2.24, 2.45) is 0 Å². The average Bonchev–Trinajstić information content (AvgIpc) is 3.27. The van der Waals surface area contributed by atoms with Gasteiger partial charge in [-0.2, -0.15) is 5.10 Å². The second-order valence-corrected chi connectivity index (χ2v) is 7.64. The number of amides is 2. The molecule has 1 fully saturated rings. The van der Waals surface area contributed by atoms with Gasteiger partial charge in [-0.1, -0.05) is 36.4 Å². The maximum atomic E-state index is 12.5. The third kappa shape index (κ3) is 5.04. The van der Waals surface area contributed by atoms with Gasteiger partial charge >= 0.3 is 0 Å². The molecule has 30 heavy (non-hydrogen) atoms. The summed E-state index contributed by atoms with van der Waals surface area (Å²) in [7, 11) is 0. The molecule has 0 bridgehead atoms. The van der Waals surface area contributed by atoms with Crippen molar-refractivity contribution in [1.82, 2.24) is 25.3 Å². The van der Waals surface area contributed by atoms with Gasteiger partial charge in [-0.3, -0.25) is 19.2 Å². The number of carbonyl (C=O) groups excluding carboxylic acids is 2. The zero-order valence-corrected chi connectivity index (χ0v) is 17.0. The van der Waals surface area contributed by atoms with E-state index in [-0.39, 0.29) is 18.2 Å². The van der Waals surface area contributed by atoms with E-state index in [9.17, 15) is 9.59 Å². The van der Waals surface area contributed by atoms with E-state index < -0.39 is 6.04 Å². The van der Waals surface area contributed by atoms with Crippen molar-refractivity contribution >= 4 is 22.6 Å². The molecular weight excluding hydrogens is 378 g/mol. The molecule has 0 spiro atoms. The average molecular weight is 406 g/mol. The number of benzene rings is 2. The van der Waals surface area contributed by atoms with Crippen molar-refractivity contribution in [3.63, 3.8) is 0 Å². The number of fused-ring (bicyclic) bond motifs is 1. The Kier molecular flexibility index (Phi) is 6.39. The first-order chi connectivity index (χ1) is 14.7. The molecule has 4 rings (SSSR count). The summed E-state index contributed by atoms with van der Waals surface area (Å²) in [4.78, 5) is 27.0. The molecule has 1 aliphatic heterocycles. The number of rotatable bonds is 8. The summed E-state index contributed by atoms with van der Waals surface area (Å²) in [6, 6.07) is 16.0. The van der Waals surface area contributed by atoms with E-state index in [1.165, 1.54) is 10.8 Å². The van der Waals surface area contributed by atoms with E-state index in [1.54, 1.807) is 6.20 Å². The summed E-state index contributed by atoms with van der Waals surface area (Å²) in [5, 5.41) is 12.4. The zero-order valence-electron chi connectivity index (χ0n) is 17.0. The Morgan fingerprint density at radius 2 is 2.03 bits per heavy atom. The second kappa shape index (κ2) is 9.54. The molecule has 7 nitrogen and oxygen atoms in total. The number of aryl methyl sites for hydroxylation is 1. The standard InChI is InChI=1S/C23H27N5O2/c29-22(24-9-3-12-28-13-4-10-26-28)16-21-23(30)25-11-14-27(21)17-18-7-8-19-5-1-2-6-20(19)15-18/h1-2,4-8,10,13,15,21H,3,9,11-12,14,16-17H2,(H,24,29)(H,25,30)/t21-/m1/s1. The fourth-order valence-corrected chi connectivity index (χ4v) is 3.89. The smallest absolute Gasteiger partial charge is 0.237 e. The van der Waals surface area contributed by atoms with Gasteiger partial charge in [-0.25, -0.2) is 0 Å². The first kappa shape index (κ1) is 20.1. The molecule has 1 saturated heterocycles. The molecule has 156 valence electrons. The van der Waals surface area contributed by atoms with Crippen LogP contribution in [0.4, 0.5) is 0 Å². The van der Waals surface area contributed by atoms with Crippen LogP contribution in [0.15, 0.2) is 60.9 Å². The molecule has 2 N–H and O–H groups in total. The predicted octanol–water partition coefficient (Wildman–Crippen LogP) is 1.93. The van der Waals surface area contributed by atoms with E-state index in [0.717, 1.165) is 25.1 Å². The molecule has 7 heteroatoms. The van der Waals surface area contributed by atoms with Gasteiger partial charge in [0.2, 0.25) is 11.8 Å². The minimum absolute atomic E-state index is 0.0752. The molecule has 1 aromatic heterocycles. The molecule has 0 aliphatic carbocycles. The summed E-state index contributed by atoms with van der Waals surface area (Å²) < 4.78 is 1.84. The highest BCUT2D eigenvalue weighted by atomic mass is 16.2. The van der Waals surface area contributed by atoms with Gasteiger partial charge in [0.05, 0.1) is 12.5 Å². The molecule has 1 atom stereocenters. The van der Waals surface area contributed by atoms with E-state index in [0.29, 0.717) is 19.6 Å². The van der Waals surface area contributed by atoms with Gasteiger partial charge in [-0.15, -0.1) is 0 Å². The number of nitrogens with one attached hydrogen (secondary N) is 2. The number of carbonyl (C=O) groups is 2. The number of hydrogen-bond donors (Lipinski definition) is 2. The van der Waals surface area contributed by atoms with Crippen LogP contribution in [0.5, 0.6) is 0 Å².